The van der Waals surface area contributed by atoms with Gasteiger partial charge >= 0.3 is 18.9 Å². The van der Waals surface area contributed by atoms with Gasteiger partial charge in [0.25, 0.3) is 0 Å². The minimum Gasteiger partial charge on any atom is -0.545 e. The Morgan fingerprint density at radius 2 is 2.09 bits per heavy atom. The van der Waals surface area contributed by atoms with Crippen molar-refractivity contribution < 1.29 is 28.8 Å². The number of H-pyrrole nitrogens is 1. The van der Waals surface area contributed by atoms with Gasteiger partial charge in [0, 0.05) is 17.0 Å². The molecule has 1 aromatic rings. The molecule has 0 radical (unpaired) electrons. The van der Waals surface area contributed by atoms with Crippen LogP contribution in [0.1, 0.15) is 21.7 Å². The first-order chi connectivity index (χ1) is 4.61. The van der Waals surface area contributed by atoms with Crippen LogP contribution in [0.5, 0.6) is 0 Å². The van der Waals surface area contributed by atoms with Crippen LogP contribution in [0.2, 0.25) is 0 Å². The van der Waals surface area contributed by atoms with Gasteiger partial charge in [-0.15, -0.1) is 0 Å². The zero-order chi connectivity index (χ0) is 7.72. The van der Waals surface area contributed by atoms with Gasteiger partial charge in [-0.25, -0.2) is 0 Å². The van der Waals surface area contributed by atoms with E-state index in [0.29, 0.717) is 5.69 Å². The average molecular weight is 145 g/mol. The molecule has 1 N–H and O–H groups in total. The molecule has 0 amide bonds. The van der Waals surface area contributed by atoms with Crippen molar-refractivity contribution in [2.75, 3.05) is 0 Å². The third-order valence-electron chi connectivity index (χ3n) is 1.37. The zero-order valence-corrected chi connectivity index (χ0v) is 6.89. The molecule has 1 aromatic heterocycles. The number of hydrogen-bond acceptors (Lipinski definition) is 2. The zero-order valence-electron chi connectivity index (χ0n) is 6.89. The molecule has 0 unspecified atom stereocenters. The van der Waals surface area contributed by atoms with E-state index in [-0.39, 0.29) is 24.4 Å². The molecule has 0 saturated heterocycles. The summed E-state index contributed by atoms with van der Waals surface area (Å²) in [4.78, 5) is 13.2. The minimum atomic E-state index is -1.12. The fraction of sp³-hybridized carbons (Fsp3) is 0.286. The molecule has 3 nitrogen and oxygen atoms in total. The van der Waals surface area contributed by atoms with Crippen LogP contribution < -0.4 is 24.0 Å². The van der Waals surface area contributed by atoms with E-state index in [4.69, 9.17) is 0 Å². The minimum absolute atomic E-state index is 0. The molecule has 0 fully saturated rings. The number of hydrogen-bond donors (Lipinski definition) is 1. The van der Waals surface area contributed by atoms with Crippen molar-refractivity contribution in [1.29, 1.82) is 0 Å². The Morgan fingerprint density at radius 3 is 2.27 bits per heavy atom. The maximum absolute atomic E-state index is 10.3. The summed E-state index contributed by atoms with van der Waals surface area (Å²) in [6.45, 7) is 3.51. The molecule has 0 aliphatic rings. The predicted molar refractivity (Wildman–Crippen MR) is 34.6 cm³/mol. The third kappa shape index (κ3) is 2.14. The summed E-state index contributed by atoms with van der Waals surface area (Å²) in [7, 11) is 0. The smallest absolute Gasteiger partial charge is 0.545 e. The Bertz CT molecular complexity index is 267. The van der Waals surface area contributed by atoms with Gasteiger partial charge in [0.15, 0.2) is 0 Å². The number of nitrogens with one attached hydrogen (secondary N) is 1. The Morgan fingerprint density at radius 1 is 1.55 bits per heavy atom. The Hall–Kier alpha value is -0.653. The fourth-order valence-electron chi connectivity index (χ4n) is 0.936. The maximum Gasteiger partial charge on any atom is 1.00 e. The van der Waals surface area contributed by atoms with Crippen molar-refractivity contribution in [2.45, 2.75) is 13.8 Å². The molecule has 11 heavy (non-hydrogen) atoms. The molecule has 0 saturated carbocycles. The van der Waals surface area contributed by atoms with Gasteiger partial charge in [-0.05, 0) is 19.9 Å². The van der Waals surface area contributed by atoms with Crippen LogP contribution in [0.25, 0.3) is 0 Å². The van der Waals surface area contributed by atoms with Gasteiger partial charge in [0.2, 0.25) is 0 Å². The van der Waals surface area contributed by atoms with E-state index in [2.05, 4.69) is 4.98 Å². The second-order valence-corrected chi connectivity index (χ2v) is 2.28. The molecule has 0 aliphatic heterocycles. The van der Waals surface area contributed by atoms with E-state index in [1.165, 1.54) is 0 Å². The SMILES string of the molecule is Cc1cc(C(=O)[O-])c(C)[nH]1.[Li+]. The normalized spacial score (nSPS) is 8.91. The number of rotatable bonds is 1. The summed E-state index contributed by atoms with van der Waals surface area (Å²) < 4.78 is 0. The third-order valence-corrected chi connectivity index (χ3v) is 1.37. The second kappa shape index (κ2) is 3.66. The van der Waals surface area contributed by atoms with Crippen molar-refractivity contribution in [3.05, 3.63) is 23.0 Å². The molecule has 0 aliphatic carbocycles. The molecule has 0 atom stereocenters. The van der Waals surface area contributed by atoms with Crippen LogP contribution in [-0.2, 0) is 0 Å². The monoisotopic (exact) mass is 145 g/mol. The van der Waals surface area contributed by atoms with Crippen LogP contribution in [0, 0.1) is 13.8 Å². The quantitative estimate of drug-likeness (QED) is 0.428. The number of aromatic amines is 1. The number of carboxylic acids is 1. The molecular formula is C7H8LiNO2. The van der Waals surface area contributed by atoms with E-state index < -0.39 is 5.97 Å². The number of carbonyl (C=O) groups excluding carboxylic acids is 1. The van der Waals surface area contributed by atoms with Gasteiger partial charge in [0.1, 0.15) is 0 Å². The topological polar surface area (TPSA) is 55.9 Å². The summed E-state index contributed by atoms with van der Waals surface area (Å²) in [5, 5.41) is 10.3. The van der Waals surface area contributed by atoms with Crippen molar-refractivity contribution in [2.24, 2.45) is 0 Å². The summed E-state index contributed by atoms with van der Waals surface area (Å²) >= 11 is 0. The van der Waals surface area contributed by atoms with E-state index in [1.54, 1.807) is 19.9 Å². The van der Waals surface area contributed by atoms with Crippen molar-refractivity contribution in [1.82, 2.24) is 4.98 Å². The molecule has 0 spiro atoms. The van der Waals surface area contributed by atoms with Gasteiger partial charge in [-0.3, -0.25) is 0 Å². The van der Waals surface area contributed by atoms with Crippen molar-refractivity contribution in [3.8, 4) is 0 Å². The standard InChI is InChI=1S/C7H9NO2.Li/c1-4-3-6(7(9)10)5(2)8-4;/h3,8H,1-2H3,(H,9,10);/q;+1/p-1. The van der Waals surface area contributed by atoms with Crippen LogP contribution in [-0.4, -0.2) is 11.0 Å². The predicted octanol–water partition coefficient (Wildman–Crippen LogP) is -3.00. The summed E-state index contributed by atoms with van der Waals surface area (Å²) in [6.07, 6.45) is 0. The van der Waals surface area contributed by atoms with Crippen LogP contribution in [0.4, 0.5) is 0 Å². The Balaban J connectivity index is 0.000001000. The fourth-order valence-corrected chi connectivity index (χ4v) is 0.936. The number of aromatic nitrogens is 1. The van der Waals surface area contributed by atoms with E-state index in [1.807, 2.05) is 0 Å². The Labute approximate surface area is 77.0 Å². The Kier molecular flexibility index (Phi) is 3.44. The summed E-state index contributed by atoms with van der Waals surface area (Å²) in [6, 6.07) is 1.56. The molecule has 4 heteroatoms. The molecule has 0 bridgehead atoms. The molecule has 54 valence electrons. The van der Waals surface area contributed by atoms with Crippen molar-refractivity contribution in [3.63, 3.8) is 0 Å². The van der Waals surface area contributed by atoms with E-state index in [0.717, 1.165) is 5.69 Å². The summed E-state index contributed by atoms with van der Waals surface area (Å²) in [5.74, 6) is -1.12. The van der Waals surface area contributed by atoms with Crippen LogP contribution >= 0.6 is 0 Å². The van der Waals surface area contributed by atoms with Gasteiger partial charge in [0.05, 0.1) is 5.97 Å². The largest absolute Gasteiger partial charge is 1.00 e. The van der Waals surface area contributed by atoms with Crippen molar-refractivity contribution >= 4 is 5.97 Å². The number of aromatic carboxylic acids is 1. The molecule has 1 rings (SSSR count). The molecule has 0 aromatic carbocycles. The summed E-state index contributed by atoms with van der Waals surface area (Å²) in [5.41, 5.74) is 1.74. The maximum atomic E-state index is 10.3. The van der Waals surface area contributed by atoms with Crippen LogP contribution in [0.15, 0.2) is 6.07 Å². The van der Waals surface area contributed by atoms with Gasteiger partial charge in [-0.1, -0.05) is 0 Å². The number of carbonyl (C=O) groups is 1. The molecular weight excluding hydrogens is 137 g/mol. The van der Waals surface area contributed by atoms with E-state index in [9.17, 15) is 9.90 Å². The van der Waals surface area contributed by atoms with E-state index >= 15 is 0 Å². The van der Waals surface area contributed by atoms with Gasteiger partial charge in [-0.2, -0.15) is 0 Å². The first kappa shape index (κ1) is 10.3. The first-order valence-electron chi connectivity index (χ1n) is 2.99. The number of carboxylic acid groups (broad SMARTS) is 1. The van der Waals surface area contributed by atoms with Crippen LogP contribution in [0.3, 0.4) is 0 Å². The first-order valence-corrected chi connectivity index (χ1v) is 2.99. The second-order valence-electron chi connectivity index (χ2n) is 2.28. The van der Waals surface area contributed by atoms with Gasteiger partial charge < -0.3 is 14.9 Å². The number of aryl methyl sites for hydroxylation is 2. The average Bonchev–Trinajstić information content (AvgIpc) is 2.10. The molecule has 1 heterocycles.